The summed E-state index contributed by atoms with van der Waals surface area (Å²) in [6.45, 7) is 0. The number of hydrogen-bond acceptors (Lipinski definition) is 3. The van der Waals surface area contributed by atoms with Crippen LogP contribution in [0.3, 0.4) is 0 Å². The molecule has 86 valence electrons. The van der Waals surface area contributed by atoms with Crippen LogP contribution in [0.25, 0.3) is 11.3 Å². The minimum absolute atomic E-state index is 0.370. The van der Waals surface area contributed by atoms with Crippen molar-refractivity contribution in [1.82, 2.24) is 9.78 Å². The van der Waals surface area contributed by atoms with Crippen molar-refractivity contribution in [2.45, 2.75) is 0 Å². The van der Waals surface area contributed by atoms with Crippen LogP contribution in [0.15, 0.2) is 24.3 Å². The average molecular weight is 248 g/mol. The molecule has 0 atom stereocenters. The molecule has 5 heteroatoms. The number of aromatic nitrogens is 2. The van der Waals surface area contributed by atoms with Gasteiger partial charge in [0.05, 0.1) is 17.8 Å². The zero-order valence-electron chi connectivity index (χ0n) is 9.44. The zero-order valence-corrected chi connectivity index (χ0v) is 10.2. The first-order chi connectivity index (χ1) is 8.15. The molecule has 2 aromatic rings. The predicted molar refractivity (Wildman–Crippen MR) is 64.9 cm³/mol. The van der Waals surface area contributed by atoms with Crippen molar-refractivity contribution < 1.29 is 4.74 Å². The van der Waals surface area contributed by atoms with Crippen LogP contribution >= 0.6 is 11.6 Å². The van der Waals surface area contributed by atoms with Gasteiger partial charge in [0.2, 0.25) is 0 Å². The Labute approximate surface area is 104 Å². The van der Waals surface area contributed by atoms with E-state index in [0.29, 0.717) is 16.5 Å². The molecule has 0 spiro atoms. The highest BCUT2D eigenvalue weighted by Gasteiger charge is 2.11. The highest BCUT2D eigenvalue weighted by molar-refractivity contribution is 6.33. The fraction of sp³-hybridized carbons (Fsp3) is 0.167. The number of ether oxygens (including phenoxy) is 1. The Morgan fingerprint density at radius 2 is 2.18 bits per heavy atom. The standard InChI is InChI=1S/C12H10ClN3O/c1-16-12(5-8(7-14)15-16)10-4-3-9(17-2)6-11(10)13/h3-6H,1-2H3. The van der Waals surface area contributed by atoms with Crippen LogP contribution in [0.5, 0.6) is 5.75 Å². The molecule has 0 N–H and O–H groups in total. The molecular weight excluding hydrogens is 238 g/mol. The first kappa shape index (κ1) is 11.5. The maximum atomic E-state index is 8.79. The van der Waals surface area contributed by atoms with Gasteiger partial charge in [0, 0.05) is 18.7 Å². The lowest BCUT2D eigenvalue weighted by atomic mass is 10.1. The number of hydrogen-bond donors (Lipinski definition) is 0. The van der Waals surface area contributed by atoms with Crippen LogP contribution in [0, 0.1) is 11.3 Å². The van der Waals surface area contributed by atoms with E-state index >= 15 is 0 Å². The molecule has 1 aromatic heterocycles. The maximum absolute atomic E-state index is 8.79. The summed E-state index contributed by atoms with van der Waals surface area (Å²) < 4.78 is 6.71. The molecule has 0 radical (unpaired) electrons. The fourth-order valence-corrected chi connectivity index (χ4v) is 1.87. The number of aryl methyl sites for hydroxylation is 1. The van der Waals surface area contributed by atoms with E-state index in [9.17, 15) is 0 Å². The third-order valence-electron chi connectivity index (χ3n) is 2.45. The molecule has 0 bridgehead atoms. The predicted octanol–water partition coefficient (Wildman–Crippen LogP) is 2.62. The summed E-state index contributed by atoms with van der Waals surface area (Å²) in [6.07, 6.45) is 0. The van der Waals surface area contributed by atoms with Gasteiger partial charge in [-0.1, -0.05) is 11.6 Å². The number of rotatable bonds is 2. The van der Waals surface area contributed by atoms with E-state index in [1.165, 1.54) is 0 Å². The van der Waals surface area contributed by atoms with Crippen LogP contribution in [0.1, 0.15) is 5.69 Å². The number of nitriles is 1. The van der Waals surface area contributed by atoms with Crippen molar-refractivity contribution in [2.75, 3.05) is 7.11 Å². The zero-order chi connectivity index (χ0) is 12.4. The van der Waals surface area contributed by atoms with E-state index in [1.54, 1.807) is 31.0 Å². The van der Waals surface area contributed by atoms with Crippen molar-refractivity contribution in [3.63, 3.8) is 0 Å². The summed E-state index contributed by atoms with van der Waals surface area (Å²) in [5.41, 5.74) is 1.99. The van der Waals surface area contributed by atoms with Crippen molar-refractivity contribution in [3.05, 3.63) is 35.0 Å². The SMILES string of the molecule is COc1ccc(-c2cc(C#N)nn2C)c(Cl)c1. The van der Waals surface area contributed by atoms with Crippen LogP contribution in [0.2, 0.25) is 5.02 Å². The van der Waals surface area contributed by atoms with E-state index in [-0.39, 0.29) is 0 Å². The third-order valence-corrected chi connectivity index (χ3v) is 2.76. The molecule has 1 aromatic carbocycles. The van der Waals surface area contributed by atoms with Gasteiger partial charge in [0.1, 0.15) is 11.8 Å². The Hall–Kier alpha value is -1.99. The van der Waals surface area contributed by atoms with Crippen molar-refractivity contribution >= 4 is 11.6 Å². The molecule has 0 aliphatic carbocycles. The van der Waals surface area contributed by atoms with Gasteiger partial charge in [0.15, 0.2) is 5.69 Å². The molecule has 0 saturated heterocycles. The minimum Gasteiger partial charge on any atom is -0.497 e. The van der Waals surface area contributed by atoms with Crippen molar-refractivity contribution in [2.24, 2.45) is 7.05 Å². The largest absolute Gasteiger partial charge is 0.497 e. The van der Waals surface area contributed by atoms with Gasteiger partial charge < -0.3 is 4.74 Å². The normalized spacial score (nSPS) is 10.0. The number of halogens is 1. The van der Waals surface area contributed by atoms with E-state index in [0.717, 1.165) is 11.3 Å². The van der Waals surface area contributed by atoms with E-state index < -0.39 is 0 Å². The second kappa shape index (κ2) is 4.48. The van der Waals surface area contributed by atoms with Gasteiger partial charge >= 0.3 is 0 Å². The quantitative estimate of drug-likeness (QED) is 0.820. The first-order valence-electron chi connectivity index (χ1n) is 4.93. The van der Waals surface area contributed by atoms with Gasteiger partial charge in [-0.3, -0.25) is 4.68 Å². The molecule has 0 unspecified atom stereocenters. The first-order valence-corrected chi connectivity index (χ1v) is 5.31. The van der Waals surface area contributed by atoms with Gasteiger partial charge in [-0.15, -0.1) is 0 Å². The molecule has 17 heavy (non-hydrogen) atoms. The van der Waals surface area contributed by atoms with Crippen LogP contribution in [-0.2, 0) is 7.05 Å². The molecule has 0 amide bonds. The van der Waals surface area contributed by atoms with Gasteiger partial charge in [-0.2, -0.15) is 10.4 Å². The lowest BCUT2D eigenvalue weighted by molar-refractivity contribution is 0.415. The second-order valence-electron chi connectivity index (χ2n) is 3.50. The van der Waals surface area contributed by atoms with Gasteiger partial charge in [0.25, 0.3) is 0 Å². The average Bonchev–Trinajstić information content (AvgIpc) is 2.70. The second-order valence-corrected chi connectivity index (χ2v) is 3.90. The Kier molecular flexibility index (Phi) is 3.03. The summed E-state index contributed by atoms with van der Waals surface area (Å²) in [5, 5.41) is 13.4. The summed E-state index contributed by atoms with van der Waals surface area (Å²) >= 11 is 6.16. The van der Waals surface area contributed by atoms with Gasteiger partial charge in [-0.05, 0) is 18.2 Å². The highest BCUT2D eigenvalue weighted by atomic mass is 35.5. The Morgan fingerprint density at radius 1 is 1.41 bits per heavy atom. The van der Waals surface area contributed by atoms with E-state index in [4.69, 9.17) is 21.6 Å². The van der Waals surface area contributed by atoms with Crippen LogP contribution < -0.4 is 4.74 Å². The Morgan fingerprint density at radius 3 is 2.71 bits per heavy atom. The molecule has 0 aliphatic rings. The third kappa shape index (κ3) is 2.10. The molecule has 2 rings (SSSR count). The molecular formula is C12H10ClN3O. The number of methoxy groups -OCH3 is 1. The highest BCUT2D eigenvalue weighted by Crippen LogP contribution is 2.31. The van der Waals surface area contributed by atoms with Crippen LogP contribution in [-0.4, -0.2) is 16.9 Å². The summed E-state index contributed by atoms with van der Waals surface area (Å²) in [7, 11) is 3.36. The molecule has 4 nitrogen and oxygen atoms in total. The molecule has 0 fully saturated rings. The lowest BCUT2D eigenvalue weighted by Crippen LogP contribution is -1.94. The Bertz CT molecular complexity index is 598. The molecule has 1 heterocycles. The fourth-order valence-electron chi connectivity index (χ4n) is 1.60. The van der Waals surface area contributed by atoms with Crippen molar-refractivity contribution in [1.29, 1.82) is 5.26 Å². The van der Waals surface area contributed by atoms with Crippen LogP contribution in [0.4, 0.5) is 0 Å². The van der Waals surface area contributed by atoms with Gasteiger partial charge in [-0.25, -0.2) is 0 Å². The minimum atomic E-state index is 0.370. The molecule has 0 aliphatic heterocycles. The monoisotopic (exact) mass is 247 g/mol. The summed E-state index contributed by atoms with van der Waals surface area (Å²) in [4.78, 5) is 0. The van der Waals surface area contributed by atoms with E-state index in [2.05, 4.69) is 5.10 Å². The smallest absolute Gasteiger partial charge is 0.163 e. The topological polar surface area (TPSA) is 50.8 Å². The summed E-state index contributed by atoms with van der Waals surface area (Å²) in [5.74, 6) is 0.696. The number of nitrogens with zero attached hydrogens (tertiary/aromatic N) is 3. The van der Waals surface area contributed by atoms with Crippen molar-refractivity contribution in [3.8, 4) is 23.1 Å². The van der Waals surface area contributed by atoms with E-state index in [1.807, 2.05) is 18.2 Å². The summed E-state index contributed by atoms with van der Waals surface area (Å²) in [6, 6.07) is 9.10. The maximum Gasteiger partial charge on any atom is 0.163 e. The molecule has 0 saturated carbocycles. The lowest BCUT2D eigenvalue weighted by Gasteiger charge is -2.06. The Balaban J connectivity index is 2.53. The number of benzene rings is 1.